The molecule has 1 aromatic carbocycles. The first-order valence-electron chi connectivity index (χ1n) is 35.0. The number of thiazole rings is 5. The van der Waals surface area contributed by atoms with Gasteiger partial charge in [0.1, 0.15) is 120 Å². The Labute approximate surface area is 652 Å². The summed E-state index contributed by atoms with van der Waals surface area (Å²) in [5, 5.41) is 65.7. The van der Waals surface area contributed by atoms with Gasteiger partial charge in [-0.05, 0) is 52.4 Å². The molecule has 592 valence electrons. The highest BCUT2D eigenvalue weighted by Crippen LogP contribution is 2.44. The van der Waals surface area contributed by atoms with E-state index in [2.05, 4.69) is 41.5 Å². The first-order valence-corrected chi connectivity index (χ1v) is 39.4. The third-order valence-electron chi connectivity index (χ3n) is 18.5. The van der Waals surface area contributed by atoms with Gasteiger partial charge in [0.05, 0.1) is 122 Å². The van der Waals surface area contributed by atoms with Crippen LogP contribution in [0.5, 0.6) is 5.75 Å². The molecule has 0 saturated carbocycles. The van der Waals surface area contributed by atoms with E-state index in [4.69, 9.17) is 76.9 Å². The molecule has 41 heteroatoms. The van der Waals surface area contributed by atoms with Crippen molar-refractivity contribution in [3.05, 3.63) is 112 Å². The molecular weight excluding hydrogens is 1550 g/mol. The molecule has 0 spiro atoms. The van der Waals surface area contributed by atoms with E-state index in [0.29, 0.717) is 49.9 Å². The van der Waals surface area contributed by atoms with E-state index in [-0.39, 0.29) is 157 Å². The molecule has 111 heavy (non-hydrogen) atoms. The molecular formula is C70H79N13O23S5. The van der Waals surface area contributed by atoms with Crippen LogP contribution < -0.4 is 26.6 Å². The predicted molar refractivity (Wildman–Crippen MR) is 396 cm³/mol. The molecule has 5 aliphatic rings. The fourth-order valence-corrected chi connectivity index (χ4v) is 17.3. The number of aliphatic hydroxyl groups excluding tert-OH is 2. The summed E-state index contributed by atoms with van der Waals surface area (Å²) in [6, 6.07) is 1.20. The third-order valence-corrected chi connectivity index (χ3v) is 23.0. The number of nitrogens with one attached hydrogen (secondary N) is 5. The molecule has 2 fully saturated rings. The summed E-state index contributed by atoms with van der Waals surface area (Å²) in [4.78, 5) is 134. The number of fused-ring (bicyclic) bond motifs is 16. The Kier molecular flexibility index (Phi) is 25.8. The summed E-state index contributed by atoms with van der Waals surface area (Å²) < 4.78 is 72.3. The Morgan fingerprint density at radius 2 is 1.40 bits per heavy atom. The van der Waals surface area contributed by atoms with Crippen molar-refractivity contribution in [3.8, 4) is 38.4 Å². The molecule has 36 nitrogen and oxygen atoms in total. The van der Waals surface area contributed by atoms with Gasteiger partial charge in [0.15, 0.2) is 18.1 Å². The molecule has 0 aliphatic carbocycles. The summed E-state index contributed by atoms with van der Waals surface area (Å²) in [5.74, 6) is -6.70. The number of benzene rings is 1. The zero-order valence-electron chi connectivity index (χ0n) is 60.6. The van der Waals surface area contributed by atoms with Crippen molar-refractivity contribution in [2.75, 3.05) is 107 Å². The fraction of sp³-hybridized carbons (Fsp3) is 0.471. The lowest BCUT2D eigenvalue weighted by Gasteiger charge is -2.45. The van der Waals surface area contributed by atoms with Crippen LogP contribution in [0.4, 0.5) is 0 Å². The van der Waals surface area contributed by atoms with Crippen molar-refractivity contribution in [1.82, 2.24) is 66.1 Å². The van der Waals surface area contributed by atoms with Gasteiger partial charge in [-0.1, -0.05) is 12.1 Å². The second kappa shape index (κ2) is 35.8. The van der Waals surface area contributed by atoms with Crippen LogP contribution in [0.15, 0.2) is 56.9 Å². The van der Waals surface area contributed by atoms with Crippen LogP contribution >= 0.6 is 56.7 Å². The van der Waals surface area contributed by atoms with E-state index in [0.717, 1.165) is 56.7 Å². The highest BCUT2D eigenvalue weighted by Gasteiger charge is 2.54. The quantitative estimate of drug-likeness (QED) is 0.0186. The smallest absolute Gasteiger partial charge is 0.358 e. The van der Waals surface area contributed by atoms with E-state index >= 15 is 19.2 Å². The second-order valence-corrected chi connectivity index (χ2v) is 30.4. The number of esters is 2. The number of rotatable bonds is 23. The zero-order chi connectivity index (χ0) is 78.2. The number of hydrogen-bond acceptors (Lipinski definition) is 35. The number of aromatic hydroxyl groups is 1. The molecule has 7 aromatic heterocycles. The Morgan fingerprint density at radius 3 is 2.12 bits per heavy atom. The van der Waals surface area contributed by atoms with Gasteiger partial charge in [-0.2, -0.15) is 4.73 Å². The number of hydrogen-bond donors (Lipinski definition) is 9. The number of methoxy groups -OCH3 is 1. The number of carbonyl (C=O) groups excluding carboxylic acids is 7. The van der Waals surface area contributed by atoms with Gasteiger partial charge in [0.25, 0.3) is 23.6 Å². The maximum atomic E-state index is 15.3. The molecule has 8 aromatic rings. The number of pyridine rings is 1. The molecule has 2 saturated heterocycles. The highest BCUT2D eigenvalue weighted by molar-refractivity contribution is 7.14. The van der Waals surface area contributed by atoms with Crippen molar-refractivity contribution in [3.63, 3.8) is 0 Å². The number of allylic oxidation sites excluding steroid dienone is 1. The summed E-state index contributed by atoms with van der Waals surface area (Å²) >= 11 is 4.70. The van der Waals surface area contributed by atoms with Gasteiger partial charge in [-0.15, -0.1) is 56.7 Å². The SMILES string of the molecule is CO/C(C)=C1/NC(=O)C(C(C)O)NC(=O)c2csc(n2)-c2cc(O)c(-c3nc(C(=O)NCCOCCOCCOCCOCCOCCO)cs3)nc2-c2csc(n2)C2COC(=O)c3c4c5c(cccc5n3O)COC(=O)C(OC3CC5(C)OCN(C)C5C(C)O3)C(OC4)C(NC(=O)c3csc1n3)c1nc(cs1)C(=O)N2. The minimum Gasteiger partial charge on any atom is -0.506 e. The first-order chi connectivity index (χ1) is 53.6. The Morgan fingerprint density at radius 1 is 0.757 bits per heavy atom. The summed E-state index contributed by atoms with van der Waals surface area (Å²) in [5.41, 5.74) is -1.59. The van der Waals surface area contributed by atoms with Gasteiger partial charge < -0.3 is 104 Å². The maximum absolute atomic E-state index is 15.3. The van der Waals surface area contributed by atoms with Gasteiger partial charge in [0.2, 0.25) is 5.91 Å². The normalized spacial score (nSPS) is 23.3. The van der Waals surface area contributed by atoms with Gasteiger partial charge in [-0.25, -0.2) is 39.5 Å². The minimum absolute atomic E-state index is 0.00343. The van der Waals surface area contributed by atoms with E-state index in [1.54, 1.807) is 17.5 Å². The van der Waals surface area contributed by atoms with Crippen molar-refractivity contribution < 1.29 is 111 Å². The van der Waals surface area contributed by atoms with Crippen LogP contribution in [0.25, 0.3) is 49.3 Å². The van der Waals surface area contributed by atoms with Crippen LogP contribution in [-0.2, 0) is 79.6 Å². The van der Waals surface area contributed by atoms with Crippen molar-refractivity contribution in [2.45, 2.75) is 108 Å². The number of likely N-dealkylation sites (N-methyl/N-ethyl adjacent to an activating group) is 1. The number of aliphatic hydroxyl groups is 2. The van der Waals surface area contributed by atoms with Crippen molar-refractivity contribution in [2.24, 2.45) is 0 Å². The maximum Gasteiger partial charge on any atom is 0.358 e. The largest absolute Gasteiger partial charge is 0.506 e. The summed E-state index contributed by atoms with van der Waals surface area (Å²) in [6.45, 7) is 8.22. The number of cyclic esters (lactones) is 2. The molecule has 13 rings (SSSR count). The molecule has 9 N–H and O–H groups in total. The van der Waals surface area contributed by atoms with Crippen molar-refractivity contribution >= 4 is 115 Å². The topological polar surface area (TPSA) is 457 Å². The molecule has 0 radical (unpaired) electrons. The van der Waals surface area contributed by atoms with Crippen LogP contribution in [0.1, 0.15) is 125 Å². The molecule has 10 unspecified atom stereocenters. The standard InChI is InChI=1S/C70H79N13O23S5/c1-33(85)49-62(91)80-50(34(2)95-6)65-76-44(31-109-65)61(90)81-53-55-56(106-47-23-70(4)57(35(3)105-47)82(5)32-104-70)69(93)102-24-36-8-7-9-45-48(36)38(25-101-55)54(83(45)94)68(92)103-26-39(72-59(88)42-30-111-67(53)77-42)64-73-40(27-108-64)51-37(63-74-43(29-107-63)60(89)79-49)22-46(86)52(78-51)66-75-41(28-110-66)58(87)71-10-12-96-14-16-98-18-20-100-21-19-99-17-15-97-13-11-84/h7-9,22,27-31,33,35,39,47,49,53,55-57,84-86,94H,10-21,23-26,32H2,1-6H3,(H,71,87)(H,72,88)(H,79,89)(H,80,91)(H,81,90)/b50-34+. The first kappa shape index (κ1) is 80.1. The van der Waals surface area contributed by atoms with Crippen LogP contribution in [-0.4, -0.2) is 257 Å². The average Bonchev–Trinajstić information content (AvgIpc) is 1.62. The van der Waals surface area contributed by atoms with E-state index in [9.17, 15) is 29.8 Å². The minimum atomic E-state index is -1.84. The predicted octanol–water partition coefficient (Wildman–Crippen LogP) is 4.33. The number of aromatic nitrogens is 7. The van der Waals surface area contributed by atoms with Crippen LogP contribution in [0.2, 0.25) is 0 Å². The summed E-state index contributed by atoms with van der Waals surface area (Å²) in [6.07, 6.45) is -6.76. The average molecular weight is 1630 g/mol. The lowest BCUT2D eigenvalue weighted by molar-refractivity contribution is -0.268. The Bertz CT molecular complexity index is 4770. The lowest BCUT2D eigenvalue weighted by atomic mass is 9.86. The van der Waals surface area contributed by atoms with Crippen LogP contribution in [0.3, 0.4) is 0 Å². The highest BCUT2D eigenvalue weighted by atomic mass is 32.1. The zero-order valence-corrected chi connectivity index (χ0v) is 64.7. The number of nitrogens with zero attached hydrogens (tertiary/aromatic N) is 8. The van der Waals surface area contributed by atoms with Gasteiger partial charge in [0, 0.05) is 56.4 Å². The number of ether oxygens (including phenoxy) is 12. The number of amides is 5. The molecule has 12 bridgehead atoms. The fourth-order valence-electron chi connectivity index (χ4n) is 13.2. The van der Waals surface area contributed by atoms with Gasteiger partial charge >= 0.3 is 11.9 Å². The second-order valence-electron chi connectivity index (χ2n) is 26.1. The number of carbonyl (C=O) groups is 7. The molecule has 12 heterocycles. The van der Waals surface area contributed by atoms with E-state index < -0.39 is 127 Å². The Balaban J connectivity index is 0.857. The Hall–Kier alpha value is -8.99. The monoisotopic (exact) mass is 1630 g/mol. The van der Waals surface area contributed by atoms with Gasteiger partial charge in [-0.3, -0.25) is 28.9 Å². The van der Waals surface area contributed by atoms with E-state index in [1.165, 1.54) is 54.6 Å². The third kappa shape index (κ3) is 17.9. The molecule has 10 atom stereocenters. The van der Waals surface area contributed by atoms with Crippen LogP contribution in [0, 0.1) is 0 Å². The lowest BCUT2D eigenvalue weighted by Crippen LogP contribution is -2.58. The van der Waals surface area contributed by atoms with E-state index in [1.807, 2.05) is 25.8 Å². The van der Waals surface area contributed by atoms with Crippen molar-refractivity contribution in [1.29, 1.82) is 0 Å². The summed E-state index contributed by atoms with van der Waals surface area (Å²) in [7, 11) is 3.21. The molecule has 5 amide bonds. The molecule has 5 aliphatic heterocycles.